The molecule has 0 saturated heterocycles. The van der Waals surface area contributed by atoms with Gasteiger partial charge >= 0.3 is 6.18 Å². The average Bonchev–Trinajstić information content (AvgIpc) is 3.15. The number of nitrogens with zero attached hydrogens (tertiary/aromatic N) is 2. The highest BCUT2D eigenvalue weighted by Gasteiger charge is 2.33. The zero-order valence-electron chi connectivity index (χ0n) is 15.9. The summed E-state index contributed by atoms with van der Waals surface area (Å²) in [4.78, 5) is 16.6. The van der Waals surface area contributed by atoms with Gasteiger partial charge in [0.05, 0.1) is 22.9 Å². The molecule has 0 atom stereocenters. The molecule has 7 heteroatoms. The predicted molar refractivity (Wildman–Crippen MR) is 108 cm³/mol. The summed E-state index contributed by atoms with van der Waals surface area (Å²) in [6.45, 7) is 0.324. The molecule has 0 aliphatic carbocycles. The predicted octanol–water partition coefficient (Wildman–Crippen LogP) is 5.04. The van der Waals surface area contributed by atoms with Gasteiger partial charge < -0.3 is 9.88 Å². The van der Waals surface area contributed by atoms with Crippen LogP contribution in [0.1, 0.15) is 11.1 Å². The Morgan fingerprint density at radius 1 is 0.967 bits per heavy atom. The van der Waals surface area contributed by atoms with Gasteiger partial charge in [-0.2, -0.15) is 13.2 Å². The Bertz CT molecular complexity index is 1200. The fourth-order valence-corrected chi connectivity index (χ4v) is 3.38. The van der Waals surface area contributed by atoms with E-state index in [0.717, 1.165) is 17.1 Å². The molecule has 30 heavy (non-hydrogen) atoms. The van der Waals surface area contributed by atoms with Crippen molar-refractivity contribution in [3.63, 3.8) is 0 Å². The van der Waals surface area contributed by atoms with E-state index >= 15 is 0 Å². The van der Waals surface area contributed by atoms with E-state index in [1.807, 2.05) is 24.3 Å². The van der Waals surface area contributed by atoms with Crippen LogP contribution in [0.15, 0.2) is 79.1 Å². The number of benzene rings is 3. The summed E-state index contributed by atoms with van der Waals surface area (Å²) < 4.78 is 41.7. The molecule has 1 amide bonds. The second-order valence-electron chi connectivity index (χ2n) is 6.88. The first-order valence-corrected chi connectivity index (χ1v) is 9.34. The first kappa shape index (κ1) is 19.7. The molecule has 0 radical (unpaired) electrons. The summed E-state index contributed by atoms with van der Waals surface area (Å²) in [6, 6.07) is 19.7. The molecule has 0 spiro atoms. The second-order valence-corrected chi connectivity index (χ2v) is 6.88. The molecule has 1 N–H and O–H groups in total. The summed E-state index contributed by atoms with van der Waals surface area (Å²) >= 11 is 0. The summed E-state index contributed by atoms with van der Waals surface area (Å²) in [5.74, 6) is -0.209. The lowest BCUT2D eigenvalue weighted by atomic mass is 9.98. The van der Waals surface area contributed by atoms with Gasteiger partial charge in [-0.15, -0.1) is 0 Å². The fraction of sp³-hybridized carbons (Fsp3) is 0.130. The molecule has 3 aromatic carbocycles. The van der Waals surface area contributed by atoms with Gasteiger partial charge in [0.1, 0.15) is 6.54 Å². The lowest BCUT2D eigenvalue weighted by Crippen LogP contribution is -2.26. The fourth-order valence-electron chi connectivity index (χ4n) is 3.38. The van der Waals surface area contributed by atoms with Crippen molar-refractivity contribution in [2.75, 3.05) is 0 Å². The lowest BCUT2D eigenvalue weighted by Gasteiger charge is -2.14. The number of nitrogens with one attached hydrogen (secondary N) is 1. The number of alkyl halides is 3. The Balaban J connectivity index is 1.47. The van der Waals surface area contributed by atoms with Crippen molar-refractivity contribution >= 4 is 16.9 Å². The number of rotatable bonds is 5. The molecule has 4 nitrogen and oxygen atoms in total. The Morgan fingerprint density at radius 3 is 2.57 bits per heavy atom. The Kier molecular flexibility index (Phi) is 5.27. The van der Waals surface area contributed by atoms with Crippen LogP contribution in [0, 0.1) is 0 Å². The van der Waals surface area contributed by atoms with Crippen molar-refractivity contribution in [1.29, 1.82) is 0 Å². The SMILES string of the molecule is O=C(Cn1cnc2ccccc21)NCc1cccc(-c2ccccc2C(F)(F)F)c1. The van der Waals surface area contributed by atoms with Crippen molar-refractivity contribution < 1.29 is 18.0 Å². The number of carbonyl (C=O) groups excluding carboxylic acids is 1. The van der Waals surface area contributed by atoms with Crippen LogP contribution in [0.4, 0.5) is 13.2 Å². The molecule has 4 aromatic rings. The van der Waals surface area contributed by atoms with Crippen LogP contribution in [0.5, 0.6) is 0 Å². The highest BCUT2D eigenvalue weighted by molar-refractivity contribution is 5.80. The number of amides is 1. The second kappa shape index (κ2) is 8.02. The summed E-state index contributed by atoms with van der Waals surface area (Å²) in [6.07, 6.45) is -2.83. The highest BCUT2D eigenvalue weighted by Crippen LogP contribution is 2.37. The molecule has 0 aliphatic heterocycles. The van der Waals surface area contributed by atoms with Crippen LogP contribution in [-0.2, 0) is 24.1 Å². The third-order valence-corrected chi connectivity index (χ3v) is 4.80. The summed E-state index contributed by atoms with van der Waals surface area (Å²) in [5.41, 5.74) is 2.27. The summed E-state index contributed by atoms with van der Waals surface area (Å²) in [5, 5.41) is 2.82. The van der Waals surface area contributed by atoms with E-state index in [-0.39, 0.29) is 24.6 Å². The molecule has 0 bridgehead atoms. The van der Waals surface area contributed by atoms with Crippen molar-refractivity contribution in [3.8, 4) is 11.1 Å². The first-order valence-electron chi connectivity index (χ1n) is 9.34. The van der Waals surface area contributed by atoms with Gasteiger partial charge in [0, 0.05) is 6.54 Å². The van der Waals surface area contributed by atoms with Crippen LogP contribution >= 0.6 is 0 Å². The number of hydrogen-bond acceptors (Lipinski definition) is 2. The molecule has 1 heterocycles. The third kappa shape index (κ3) is 4.20. The Morgan fingerprint density at radius 2 is 1.73 bits per heavy atom. The van der Waals surface area contributed by atoms with Gasteiger partial charge in [-0.3, -0.25) is 4.79 Å². The molecule has 0 unspecified atom stereocenters. The van der Waals surface area contributed by atoms with Gasteiger partial charge in [-0.25, -0.2) is 4.98 Å². The third-order valence-electron chi connectivity index (χ3n) is 4.80. The molecule has 152 valence electrons. The molecule has 4 rings (SSSR count). The lowest BCUT2D eigenvalue weighted by molar-refractivity contribution is -0.137. The van der Waals surface area contributed by atoms with Gasteiger partial charge in [0.25, 0.3) is 0 Å². The normalized spacial score (nSPS) is 11.6. The number of halogens is 3. The highest BCUT2D eigenvalue weighted by atomic mass is 19.4. The van der Waals surface area contributed by atoms with Crippen LogP contribution < -0.4 is 5.32 Å². The van der Waals surface area contributed by atoms with Gasteiger partial charge in [-0.1, -0.05) is 48.5 Å². The van der Waals surface area contributed by atoms with E-state index in [9.17, 15) is 18.0 Å². The van der Waals surface area contributed by atoms with E-state index in [0.29, 0.717) is 11.1 Å². The number of aromatic nitrogens is 2. The molecule has 1 aromatic heterocycles. The topological polar surface area (TPSA) is 46.9 Å². The molecule has 0 saturated carbocycles. The number of para-hydroxylation sites is 2. The quantitative estimate of drug-likeness (QED) is 0.502. The van der Waals surface area contributed by atoms with Crippen LogP contribution in [0.2, 0.25) is 0 Å². The maximum atomic E-state index is 13.3. The largest absolute Gasteiger partial charge is 0.417 e. The number of carbonyl (C=O) groups is 1. The Hall–Kier alpha value is -3.61. The number of imidazole rings is 1. The number of hydrogen-bond donors (Lipinski definition) is 1. The van der Waals surface area contributed by atoms with Crippen LogP contribution in [0.3, 0.4) is 0 Å². The molecular formula is C23H18F3N3O. The number of fused-ring (bicyclic) bond motifs is 1. The van der Waals surface area contributed by atoms with Gasteiger partial charge in [0.15, 0.2) is 0 Å². The molecular weight excluding hydrogens is 391 g/mol. The summed E-state index contributed by atoms with van der Waals surface area (Å²) in [7, 11) is 0. The average molecular weight is 409 g/mol. The first-order chi connectivity index (χ1) is 14.4. The van der Waals surface area contributed by atoms with E-state index in [4.69, 9.17) is 0 Å². The van der Waals surface area contributed by atoms with Crippen LogP contribution in [0.25, 0.3) is 22.2 Å². The van der Waals surface area contributed by atoms with Crippen molar-refractivity contribution in [2.45, 2.75) is 19.3 Å². The Labute approximate surface area is 171 Å². The van der Waals surface area contributed by atoms with Crippen LogP contribution in [-0.4, -0.2) is 15.5 Å². The van der Waals surface area contributed by atoms with E-state index in [1.165, 1.54) is 12.1 Å². The van der Waals surface area contributed by atoms with Crippen molar-refractivity contribution in [2.24, 2.45) is 0 Å². The molecule has 0 fully saturated rings. The zero-order chi connectivity index (χ0) is 21.1. The minimum absolute atomic E-state index is 0.108. The molecule has 0 aliphatic rings. The zero-order valence-corrected chi connectivity index (χ0v) is 15.9. The van der Waals surface area contributed by atoms with Crippen molar-refractivity contribution in [1.82, 2.24) is 14.9 Å². The maximum absolute atomic E-state index is 13.3. The monoisotopic (exact) mass is 409 g/mol. The standard InChI is InChI=1S/C23H18F3N3O/c24-23(25,26)19-9-2-1-8-18(19)17-7-5-6-16(12-17)13-27-22(30)14-29-15-28-20-10-3-4-11-21(20)29/h1-12,15H,13-14H2,(H,27,30). The van der Waals surface area contributed by atoms with Crippen molar-refractivity contribution in [3.05, 3.63) is 90.3 Å². The van der Waals surface area contributed by atoms with E-state index < -0.39 is 11.7 Å². The van der Waals surface area contributed by atoms with E-state index in [1.54, 1.807) is 41.2 Å². The van der Waals surface area contributed by atoms with Gasteiger partial charge in [0.2, 0.25) is 5.91 Å². The van der Waals surface area contributed by atoms with Gasteiger partial charge in [-0.05, 0) is 41.0 Å². The minimum Gasteiger partial charge on any atom is -0.350 e. The minimum atomic E-state index is -4.44. The smallest absolute Gasteiger partial charge is 0.350 e. The maximum Gasteiger partial charge on any atom is 0.417 e. The van der Waals surface area contributed by atoms with E-state index in [2.05, 4.69) is 10.3 Å².